The molecule has 17 heavy (non-hydrogen) atoms. The topological polar surface area (TPSA) is 15.3 Å². The summed E-state index contributed by atoms with van der Waals surface area (Å²) in [6, 6.07) is 1.58. The first-order chi connectivity index (χ1) is 8.04. The first-order valence-corrected chi connectivity index (χ1v) is 7.42. The summed E-state index contributed by atoms with van der Waals surface area (Å²) in [7, 11) is 4.48. The molecule has 100 valence electrons. The van der Waals surface area contributed by atoms with Gasteiger partial charge in [0.1, 0.15) is 0 Å². The van der Waals surface area contributed by atoms with Crippen molar-refractivity contribution in [3.05, 3.63) is 0 Å². The summed E-state index contributed by atoms with van der Waals surface area (Å²) in [5.74, 6) is 0.842. The van der Waals surface area contributed by atoms with E-state index in [9.17, 15) is 0 Å². The van der Waals surface area contributed by atoms with Gasteiger partial charge in [0.2, 0.25) is 0 Å². The predicted molar refractivity (Wildman–Crippen MR) is 74.2 cm³/mol. The Morgan fingerprint density at radius 2 is 1.88 bits per heavy atom. The average molecular weight is 238 g/mol. The van der Waals surface area contributed by atoms with Crippen LogP contribution in [-0.2, 0) is 0 Å². The first-order valence-electron chi connectivity index (χ1n) is 7.42. The van der Waals surface area contributed by atoms with Crippen molar-refractivity contribution in [2.75, 3.05) is 20.6 Å². The molecule has 2 atom stereocenters. The Bertz CT molecular complexity index is 245. The zero-order valence-electron chi connectivity index (χ0n) is 12.1. The van der Waals surface area contributed by atoms with E-state index in [4.69, 9.17) is 0 Å². The van der Waals surface area contributed by atoms with Gasteiger partial charge in [-0.3, -0.25) is 0 Å². The Morgan fingerprint density at radius 1 is 1.18 bits per heavy atom. The quantitative estimate of drug-likeness (QED) is 0.810. The smallest absolute Gasteiger partial charge is 0.0156 e. The molecule has 2 nitrogen and oxygen atoms in total. The van der Waals surface area contributed by atoms with Gasteiger partial charge in [-0.15, -0.1) is 0 Å². The highest BCUT2D eigenvalue weighted by atomic mass is 15.1. The lowest BCUT2D eigenvalue weighted by molar-refractivity contribution is 0.0631. The van der Waals surface area contributed by atoms with E-state index in [0.29, 0.717) is 11.5 Å². The number of hydrogen-bond acceptors (Lipinski definition) is 2. The van der Waals surface area contributed by atoms with Gasteiger partial charge >= 0.3 is 0 Å². The third-order valence-corrected chi connectivity index (χ3v) is 5.24. The van der Waals surface area contributed by atoms with E-state index >= 15 is 0 Å². The highest BCUT2D eigenvalue weighted by molar-refractivity contribution is 4.94. The van der Waals surface area contributed by atoms with Crippen LogP contribution in [0.5, 0.6) is 0 Å². The Morgan fingerprint density at radius 3 is 2.41 bits per heavy atom. The van der Waals surface area contributed by atoms with E-state index in [0.717, 1.165) is 12.0 Å². The van der Waals surface area contributed by atoms with Crippen LogP contribution in [0.1, 0.15) is 52.4 Å². The van der Waals surface area contributed by atoms with Crippen molar-refractivity contribution in [2.24, 2.45) is 11.3 Å². The molecule has 2 fully saturated rings. The van der Waals surface area contributed by atoms with Crippen LogP contribution >= 0.6 is 0 Å². The lowest BCUT2D eigenvalue weighted by Crippen LogP contribution is -2.52. The van der Waals surface area contributed by atoms with Gasteiger partial charge in [-0.05, 0) is 51.1 Å². The molecule has 0 saturated heterocycles. The van der Waals surface area contributed by atoms with Gasteiger partial charge in [0, 0.05) is 18.6 Å². The molecule has 0 aromatic carbocycles. The molecule has 0 bridgehead atoms. The fourth-order valence-corrected chi connectivity index (χ4v) is 3.95. The van der Waals surface area contributed by atoms with Crippen LogP contribution in [0.25, 0.3) is 0 Å². The van der Waals surface area contributed by atoms with E-state index in [-0.39, 0.29) is 0 Å². The van der Waals surface area contributed by atoms with E-state index in [1.165, 1.54) is 45.1 Å². The van der Waals surface area contributed by atoms with Gasteiger partial charge in [-0.2, -0.15) is 0 Å². The summed E-state index contributed by atoms with van der Waals surface area (Å²) in [6.07, 6.45) is 8.50. The number of rotatable bonds is 4. The van der Waals surface area contributed by atoms with E-state index in [1.807, 2.05) is 0 Å². The van der Waals surface area contributed by atoms with Crippen LogP contribution in [-0.4, -0.2) is 37.6 Å². The zero-order chi connectivity index (χ0) is 12.5. The van der Waals surface area contributed by atoms with Crippen LogP contribution in [0.15, 0.2) is 0 Å². The molecule has 0 aromatic heterocycles. The molecule has 0 radical (unpaired) electrons. The van der Waals surface area contributed by atoms with Crippen molar-refractivity contribution in [2.45, 2.75) is 64.5 Å². The molecule has 0 heterocycles. The Balaban J connectivity index is 1.93. The van der Waals surface area contributed by atoms with Crippen molar-refractivity contribution in [1.82, 2.24) is 10.2 Å². The number of nitrogens with one attached hydrogen (secondary N) is 1. The van der Waals surface area contributed by atoms with Crippen molar-refractivity contribution in [3.63, 3.8) is 0 Å². The predicted octanol–water partition coefficient (Wildman–Crippen LogP) is 2.89. The van der Waals surface area contributed by atoms with E-state index in [2.05, 4.69) is 38.2 Å². The minimum atomic E-state index is 0.470. The maximum atomic E-state index is 3.60. The molecule has 2 unspecified atom stereocenters. The minimum absolute atomic E-state index is 0.470. The highest BCUT2D eigenvalue weighted by Crippen LogP contribution is 2.39. The fraction of sp³-hybridized carbons (Fsp3) is 1.00. The van der Waals surface area contributed by atoms with Crippen LogP contribution in [0, 0.1) is 11.3 Å². The fourth-order valence-electron chi connectivity index (χ4n) is 3.95. The third kappa shape index (κ3) is 2.85. The zero-order valence-corrected chi connectivity index (χ0v) is 12.1. The maximum Gasteiger partial charge on any atom is 0.0156 e. The summed E-state index contributed by atoms with van der Waals surface area (Å²) in [5, 5.41) is 3.60. The average Bonchev–Trinajstić information content (AvgIpc) is 2.13. The minimum Gasteiger partial charge on any atom is -0.316 e. The standard InChI is InChI=1S/C15H30N2/c1-15(2)10-6-7-12(14(15)16-3)11-17(4)13-8-5-9-13/h12-14,16H,5-11H2,1-4H3. The highest BCUT2D eigenvalue weighted by Gasteiger charge is 2.39. The van der Waals surface area contributed by atoms with Crippen LogP contribution in [0.3, 0.4) is 0 Å². The molecular weight excluding hydrogens is 208 g/mol. The lowest BCUT2D eigenvalue weighted by atomic mass is 9.67. The van der Waals surface area contributed by atoms with E-state index in [1.54, 1.807) is 0 Å². The van der Waals surface area contributed by atoms with Crippen molar-refractivity contribution < 1.29 is 0 Å². The lowest BCUT2D eigenvalue weighted by Gasteiger charge is -2.47. The number of nitrogens with zero attached hydrogens (tertiary/aromatic N) is 1. The SMILES string of the molecule is CNC1C(CN(C)C2CCC2)CCCC1(C)C. The Labute approximate surface area is 107 Å². The van der Waals surface area contributed by atoms with E-state index < -0.39 is 0 Å². The molecule has 0 aromatic rings. The Hall–Kier alpha value is -0.0800. The van der Waals surface area contributed by atoms with Crippen LogP contribution < -0.4 is 5.32 Å². The molecule has 2 aliphatic carbocycles. The normalized spacial score (nSPS) is 33.7. The Kier molecular flexibility index (Phi) is 4.14. The van der Waals surface area contributed by atoms with Crippen molar-refractivity contribution in [3.8, 4) is 0 Å². The molecule has 2 aliphatic rings. The summed E-state index contributed by atoms with van der Waals surface area (Å²) >= 11 is 0. The van der Waals surface area contributed by atoms with Crippen LogP contribution in [0.4, 0.5) is 0 Å². The summed E-state index contributed by atoms with van der Waals surface area (Å²) in [5.41, 5.74) is 0.470. The second-order valence-electron chi connectivity index (χ2n) is 6.93. The third-order valence-electron chi connectivity index (χ3n) is 5.24. The molecule has 0 aliphatic heterocycles. The molecule has 2 rings (SSSR count). The van der Waals surface area contributed by atoms with Crippen molar-refractivity contribution >= 4 is 0 Å². The van der Waals surface area contributed by atoms with Crippen LogP contribution in [0.2, 0.25) is 0 Å². The number of hydrogen-bond donors (Lipinski definition) is 1. The second kappa shape index (κ2) is 5.27. The van der Waals surface area contributed by atoms with Gasteiger partial charge in [0.25, 0.3) is 0 Å². The summed E-state index contributed by atoms with van der Waals surface area (Å²) < 4.78 is 0. The first kappa shape index (κ1) is 13.4. The second-order valence-corrected chi connectivity index (χ2v) is 6.93. The monoisotopic (exact) mass is 238 g/mol. The van der Waals surface area contributed by atoms with Gasteiger partial charge in [0.15, 0.2) is 0 Å². The summed E-state index contributed by atoms with van der Waals surface area (Å²) in [6.45, 7) is 6.16. The molecule has 2 saturated carbocycles. The largest absolute Gasteiger partial charge is 0.316 e. The molecule has 0 amide bonds. The molecule has 0 spiro atoms. The summed E-state index contributed by atoms with van der Waals surface area (Å²) in [4.78, 5) is 2.62. The molecule has 2 heteroatoms. The molecular formula is C15H30N2. The molecule has 1 N–H and O–H groups in total. The van der Waals surface area contributed by atoms with Gasteiger partial charge in [-0.1, -0.05) is 26.7 Å². The van der Waals surface area contributed by atoms with Gasteiger partial charge in [-0.25, -0.2) is 0 Å². The van der Waals surface area contributed by atoms with Crippen molar-refractivity contribution in [1.29, 1.82) is 0 Å². The maximum absolute atomic E-state index is 3.60. The van der Waals surface area contributed by atoms with Gasteiger partial charge < -0.3 is 10.2 Å². The van der Waals surface area contributed by atoms with Gasteiger partial charge in [0.05, 0.1) is 0 Å².